The molecule has 0 saturated carbocycles. The van der Waals surface area contributed by atoms with Gasteiger partial charge in [0, 0.05) is 6.20 Å². The van der Waals surface area contributed by atoms with E-state index >= 15 is 0 Å². The van der Waals surface area contributed by atoms with E-state index in [0.29, 0.717) is 5.69 Å². The van der Waals surface area contributed by atoms with Crippen LogP contribution in [0, 0.1) is 29.1 Å². The summed E-state index contributed by atoms with van der Waals surface area (Å²) in [4.78, 5) is -0.160. The topological polar surface area (TPSA) is 30.7 Å². The number of benzene rings is 1. The Bertz CT molecular complexity index is 627. The van der Waals surface area contributed by atoms with Gasteiger partial charge < -0.3 is 0 Å². The quantitative estimate of drug-likeness (QED) is 0.365. The van der Waals surface area contributed by atoms with Crippen molar-refractivity contribution in [3.05, 3.63) is 46.5 Å². The summed E-state index contributed by atoms with van der Waals surface area (Å²) in [5.41, 5.74) is -0.492. The monoisotopic (exact) mass is 355 g/mol. The highest BCUT2D eigenvalue weighted by Crippen LogP contribution is 2.24. The van der Waals surface area contributed by atoms with Gasteiger partial charge in [0.1, 0.15) is 0 Å². The van der Waals surface area contributed by atoms with Gasteiger partial charge in [-0.3, -0.25) is 0 Å². The van der Waals surface area contributed by atoms with Crippen molar-refractivity contribution < 1.29 is 22.0 Å². The van der Waals surface area contributed by atoms with Crippen LogP contribution >= 0.6 is 15.9 Å². The van der Waals surface area contributed by atoms with Gasteiger partial charge in [0.25, 0.3) is 0 Å². The van der Waals surface area contributed by atoms with E-state index in [2.05, 4.69) is 26.2 Å². The van der Waals surface area contributed by atoms with Crippen LogP contribution < -0.4 is 0 Å². The number of hydrogen-bond acceptors (Lipinski definition) is 2. The van der Waals surface area contributed by atoms with Crippen LogP contribution in [0.15, 0.2) is 6.20 Å². The minimum Gasteiger partial charge on any atom is -0.248 e. The molecule has 0 N–H and O–H groups in total. The van der Waals surface area contributed by atoms with E-state index in [-0.39, 0.29) is 4.83 Å². The van der Waals surface area contributed by atoms with Crippen LogP contribution in [0.3, 0.4) is 0 Å². The van der Waals surface area contributed by atoms with Crippen LogP contribution in [0.4, 0.5) is 22.0 Å². The number of aromatic nitrogens is 3. The van der Waals surface area contributed by atoms with E-state index in [0.717, 1.165) is 4.68 Å². The van der Waals surface area contributed by atoms with Gasteiger partial charge in [-0.25, -0.2) is 26.6 Å². The Morgan fingerprint density at radius 1 is 1.05 bits per heavy atom. The number of rotatable bonds is 3. The fraction of sp³-hybridized carbons (Fsp3) is 0.273. The first kappa shape index (κ1) is 14.9. The molecular weight excluding hydrogens is 349 g/mol. The molecule has 2 aromatic rings. The molecule has 1 heterocycles. The molecule has 0 bridgehead atoms. The van der Waals surface area contributed by atoms with Crippen LogP contribution in [0.2, 0.25) is 0 Å². The second-order valence-electron chi connectivity index (χ2n) is 4.01. The van der Waals surface area contributed by atoms with Crippen molar-refractivity contribution in [2.24, 2.45) is 0 Å². The summed E-state index contributed by atoms with van der Waals surface area (Å²) < 4.78 is 66.8. The molecule has 0 aliphatic rings. The molecule has 1 aromatic heterocycles. The average molecular weight is 356 g/mol. The van der Waals surface area contributed by atoms with Crippen molar-refractivity contribution in [2.75, 3.05) is 0 Å². The molecule has 3 nitrogen and oxygen atoms in total. The van der Waals surface area contributed by atoms with Gasteiger partial charge in [-0.05, 0) is 6.92 Å². The van der Waals surface area contributed by atoms with Crippen molar-refractivity contribution >= 4 is 15.9 Å². The van der Waals surface area contributed by atoms with Gasteiger partial charge in [0.15, 0.2) is 23.3 Å². The molecule has 0 spiro atoms. The number of halogens is 6. The predicted molar refractivity (Wildman–Crippen MR) is 62.7 cm³/mol. The first-order valence-corrected chi connectivity index (χ1v) is 6.29. The number of hydrogen-bond donors (Lipinski definition) is 0. The largest absolute Gasteiger partial charge is 0.248 e. The number of nitrogens with zero attached hydrogens (tertiary/aromatic N) is 3. The minimum atomic E-state index is -2.18. The van der Waals surface area contributed by atoms with Crippen molar-refractivity contribution in [3.63, 3.8) is 0 Å². The lowest BCUT2D eigenvalue weighted by molar-refractivity contribution is 0.366. The molecule has 2 rings (SSSR count). The lowest BCUT2D eigenvalue weighted by Crippen LogP contribution is -2.11. The molecule has 0 radical (unpaired) electrons. The van der Waals surface area contributed by atoms with Crippen molar-refractivity contribution in [3.8, 4) is 0 Å². The van der Waals surface area contributed by atoms with Gasteiger partial charge in [-0.2, -0.15) is 0 Å². The Labute approximate surface area is 118 Å². The highest BCUT2D eigenvalue weighted by Gasteiger charge is 2.26. The maximum absolute atomic E-state index is 13.5. The Morgan fingerprint density at radius 3 is 2.00 bits per heavy atom. The van der Waals surface area contributed by atoms with Gasteiger partial charge in [-0.15, -0.1) is 5.10 Å². The van der Waals surface area contributed by atoms with Crippen molar-refractivity contribution in [1.29, 1.82) is 0 Å². The maximum Gasteiger partial charge on any atom is 0.200 e. The number of alkyl halides is 1. The Morgan fingerprint density at radius 2 is 1.55 bits per heavy atom. The smallest absolute Gasteiger partial charge is 0.200 e. The third-order valence-electron chi connectivity index (χ3n) is 2.58. The molecule has 1 unspecified atom stereocenters. The lowest BCUT2D eigenvalue weighted by atomic mass is 10.1. The molecule has 0 amide bonds. The molecule has 0 aliphatic carbocycles. The molecular formula is C11H7BrF5N3. The molecule has 1 aromatic carbocycles. The van der Waals surface area contributed by atoms with Crippen LogP contribution in [0.5, 0.6) is 0 Å². The lowest BCUT2D eigenvalue weighted by Gasteiger charge is -2.07. The Kier molecular flexibility index (Phi) is 4.07. The molecule has 108 valence electrons. The molecule has 20 heavy (non-hydrogen) atoms. The second kappa shape index (κ2) is 5.47. The van der Waals surface area contributed by atoms with Gasteiger partial charge >= 0.3 is 0 Å². The van der Waals surface area contributed by atoms with Crippen molar-refractivity contribution in [2.45, 2.75) is 18.3 Å². The summed E-state index contributed by atoms with van der Waals surface area (Å²) in [6.07, 6.45) is 1.34. The van der Waals surface area contributed by atoms with E-state index in [4.69, 9.17) is 0 Å². The zero-order chi connectivity index (χ0) is 15.0. The fourth-order valence-corrected chi connectivity index (χ4v) is 1.73. The van der Waals surface area contributed by atoms with E-state index in [1.54, 1.807) is 6.92 Å². The zero-order valence-corrected chi connectivity index (χ0v) is 11.6. The summed E-state index contributed by atoms with van der Waals surface area (Å²) in [7, 11) is 0. The summed E-state index contributed by atoms with van der Waals surface area (Å²) in [6, 6.07) is 0. The van der Waals surface area contributed by atoms with E-state index < -0.39 is 41.2 Å². The highest BCUT2D eigenvalue weighted by molar-refractivity contribution is 9.09. The van der Waals surface area contributed by atoms with Gasteiger partial charge in [0.2, 0.25) is 5.82 Å². The Balaban J connectivity index is 2.43. The molecule has 0 fully saturated rings. The third-order valence-corrected chi connectivity index (χ3v) is 3.05. The van der Waals surface area contributed by atoms with Crippen LogP contribution in [-0.2, 0) is 6.54 Å². The second-order valence-corrected chi connectivity index (χ2v) is 5.38. The first-order chi connectivity index (χ1) is 9.32. The SMILES string of the molecule is CC(Br)c1cn(Cc2c(F)c(F)c(F)c(F)c2F)nn1. The van der Waals surface area contributed by atoms with Gasteiger partial charge in [-0.1, -0.05) is 21.1 Å². The first-order valence-electron chi connectivity index (χ1n) is 5.37. The standard InChI is InChI=1S/C11H7BrF5N3/c1-4(12)6-3-20(19-18-6)2-5-7(13)9(15)11(17)10(16)8(5)14/h3-4H,2H2,1H3. The zero-order valence-electron chi connectivity index (χ0n) is 9.97. The van der Waals surface area contributed by atoms with Crippen molar-refractivity contribution in [1.82, 2.24) is 15.0 Å². The molecule has 0 aliphatic heterocycles. The fourth-order valence-electron chi connectivity index (χ4n) is 1.52. The van der Waals surface area contributed by atoms with E-state index in [1.807, 2.05) is 0 Å². The van der Waals surface area contributed by atoms with E-state index in [1.165, 1.54) is 6.20 Å². The molecule has 9 heteroatoms. The van der Waals surface area contributed by atoms with Crippen LogP contribution in [0.1, 0.15) is 23.0 Å². The summed E-state index contributed by atoms with van der Waals surface area (Å²) in [6.45, 7) is 1.13. The maximum atomic E-state index is 13.5. The predicted octanol–water partition coefficient (Wildman–Crippen LogP) is 3.48. The van der Waals surface area contributed by atoms with Crippen LogP contribution in [-0.4, -0.2) is 15.0 Å². The summed E-state index contributed by atoms with van der Waals surface area (Å²) >= 11 is 3.21. The normalized spacial score (nSPS) is 12.8. The Hall–Kier alpha value is -1.51. The van der Waals surface area contributed by atoms with Gasteiger partial charge in [0.05, 0.1) is 22.6 Å². The average Bonchev–Trinajstić information content (AvgIpc) is 2.88. The third kappa shape index (κ3) is 2.54. The minimum absolute atomic E-state index is 0.160. The van der Waals surface area contributed by atoms with Crippen LogP contribution in [0.25, 0.3) is 0 Å². The van der Waals surface area contributed by atoms with E-state index in [9.17, 15) is 22.0 Å². The highest BCUT2D eigenvalue weighted by atomic mass is 79.9. The summed E-state index contributed by atoms with van der Waals surface area (Å²) in [5, 5.41) is 7.25. The molecule has 0 saturated heterocycles. The molecule has 1 atom stereocenters. The summed E-state index contributed by atoms with van der Waals surface area (Å²) in [5.74, 6) is -9.88.